The van der Waals surface area contributed by atoms with Crippen LogP contribution in [0.25, 0.3) is 0 Å². The monoisotopic (exact) mass is 290 g/mol. The van der Waals surface area contributed by atoms with Crippen molar-refractivity contribution < 1.29 is 32.7 Å². The number of hydrogen-bond donors (Lipinski definition) is 0. The zero-order valence-corrected chi connectivity index (χ0v) is 10.4. The molecule has 0 saturated carbocycles. The van der Waals surface area contributed by atoms with E-state index in [0.29, 0.717) is 0 Å². The van der Waals surface area contributed by atoms with Crippen LogP contribution in [-0.2, 0) is 18.3 Å². The molecule has 14 heavy (non-hydrogen) atoms. The molecule has 0 aliphatic rings. The molecular formula is C3H8K2O7Si2. The van der Waals surface area contributed by atoms with Gasteiger partial charge in [0.05, 0.1) is 0 Å². The molecule has 0 radical (unpaired) electrons. The fourth-order valence-corrected chi connectivity index (χ4v) is 0.407. The maximum absolute atomic E-state index is 10.4. The molecule has 0 bridgehead atoms. The average Bonchev–Trinajstić information content (AvgIpc) is 2.03. The quantitative estimate of drug-likeness (QED) is 0.262. The summed E-state index contributed by atoms with van der Waals surface area (Å²) in [6.45, 7) is 0. The minimum absolute atomic E-state index is 0. The van der Waals surface area contributed by atoms with E-state index in [-0.39, 0.29) is 124 Å². The Bertz CT molecular complexity index is 189. The molecule has 72 valence electrons. The van der Waals surface area contributed by atoms with Crippen molar-refractivity contribution in [2.75, 3.05) is 0 Å². The van der Waals surface area contributed by atoms with Gasteiger partial charge in [0, 0.05) is 0 Å². The number of carbonyl (C=O) groups excluding carboxylic acids is 3. The van der Waals surface area contributed by atoms with Gasteiger partial charge < -0.3 is 18.3 Å². The second kappa shape index (κ2) is 13.0. The fourth-order valence-electron chi connectivity index (χ4n) is 0.240. The molecule has 0 aromatic carbocycles. The SMILES string of the molecule is O=C(O[SiH3])OC(=O)OC(=O)O[SiH3].[KH].[KH]. The molecule has 0 amide bonds. The van der Waals surface area contributed by atoms with Crippen molar-refractivity contribution in [2.24, 2.45) is 0 Å². The van der Waals surface area contributed by atoms with E-state index >= 15 is 0 Å². The number of rotatable bonds is 0. The van der Waals surface area contributed by atoms with Gasteiger partial charge in [-0.2, -0.15) is 0 Å². The van der Waals surface area contributed by atoms with Crippen LogP contribution in [0, 0.1) is 0 Å². The van der Waals surface area contributed by atoms with Crippen LogP contribution in [0.1, 0.15) is 0 Å². The summed E-state index contributed by atoms with van der Waals surface area (Å²) in [5, 5.41) is 0. The van der Waals surface area contributed by atoms with Crippen LogP contribution in [0.5, 0.6) is 0 Å². The van der Waals surface area contributed by atoms with Crippen LogP contribution in [0.3, 0.4) is 0 Å². The van der Waals surface area contributed by atoms with Gasteiger partial charge in [-0.3, -0.25) is 0 Å². The van der Waals surface area contributed by atoms with Crippen molar-refractivity contribution >= 4 is 142 Å². The van der Waals surface area contributed by atoms with Gasteiger partial charge in [0.15, 0.2) is 0 Å². The third kappa shape index (κ3) is 12.0. The Balaban J connectivity index is -0.000000605. The molecule has 0 aromatic heterocycles. The molecular weight excluding hydrogens is 282 g/mol. The first-order valence-corrected chi connectivity index (χ1v) is 4.29. The van der Waals surface area contributed by atoms with Crippen LogP contribution in [0.15, 0.2) is 0 Å². The van der Waals surface area contributed by atoms with E-state index < -0.39 is 18.5 Å². The Morgan fingerprint density at radius 2 is 1.00 bits per heavy atom. The molecule has 0 fully saturated rings. The van der Waals surface area contributed by atoms with E-state index in [9.17, 15) is 14.4 Å². The predicted octanol–water partition coefficient (Wildman–Crippen LogP) is -3.32. The Kier molecular flexibility index (Phi) is 19.7. The third-order valence-electron chi connectivity index (χ3n) is 0.667. The number of ether oxygens (including phenoxy) is 2. The van der Waals surface area contributed by atoms with Gasteiger partial charge in [0.1, 0.15) is 0 Å². The summed E-state index contributed by atoms with van der Waals surface area (Å²) in [6.07, 6.45) is -3.86. The molecule has 7 nitrogen and oxygen atoms in total. The minimum atomic E-state index is -1.46. The number of carbonyl (C=O) groups is 3. The van der Waals surface area contributed by atoms with Crippen LogP contribution in [-0.4, -0.2) is 142 Å². The van der Waals surface area contributed by atoms with Crippen molar-refractivity contribution in [3.05, 3.63) is 0 Å². The molecule has 0 unspecified atom stereocenters. The van der Waals surface area contributed by atoms with Crippen molar-refractivity contribution in [1.82, 2.24) is 0 Å². The first-order valence-electron chi connectivity index (χ1n) is 2.65. The third-order valence-corrected chi connectivity index (χ3v) is 1.33. The van der Waals surface area contributed by atoms with Gasteiger partial charge in [0.25, 0.3) is 0 Å². The topological polar surface area (TPSA) is 88.1 Å². The molecule has 0 atom stereocenters. The van der Waals surface area contributed by atoms with Crippen molar-refractivity contribution in [3.63, 3.8) is 0 Å². The van der Waals surface area contributed by atoms with Crippen LogP contribution in [0.2, 0.25) is 0 Å². The molecule has 0 heterocycles. The van der Waals surface area contributed by atoms with E-state index in [0.717, 1.165) is 0 Å². The zero-order chi connectivity index (χ0) is 9.56. The Morgan fingerprint density at radius 1 is 0.714 bits per heavy atom. The molecule has 0 saturated heterocycles. The summed E-state index contributed by atoms with van der Waals surface area (Å²) in [5.41, 5.74) is 0. The van der Waals surface area contributed by atoms with Crippen LogP contribution >= 0.6 is 0 Å². The van der Waals surface area contributed by atoms with Gasteiger partial charge in [-0.1, -0.05) is 0 Å². The summed E-state index contributed by atoms with van der Waals surface area (Å²) >= 11 is 0. The summed E-state index contributed by atoms with van der Waals surface area (Å²) in [6, 6.07) is 0. The predicted molar refractivity (Wildman–Crippen MR) is 54.7 cm³/mol. The van der Waals surface area contributed by atoms with Gasteiger partial charge in [-0.25, -0.2) is 14.4 Å². The summed E-state index contributed by atoms with van der Waals surface area (Å²) in [4.78, 5) is 30.8. The van der Waals surface area contributed by atoms with Gasteiger partial charge in [-0.05, 0) is 0 Å². The fraction of sp³-hybridized carbons (Fsp3) is 0. The number of hydrogen-bond acceptors (Lipinski definition) is 7. The van der Waals surface area contributed by atoms with E-state index in [1.807, 2.05) is 0 Å². The molecule has 0 aliphatic carbocycles. The standard InChI is InChI=1S/C3H6O7Si2.2K.2H/c4-1(7-2(5)9-11)8-3(6)10-12;;;;/h11-12H3;;;;. The molecule has 0 N–H and O–H groups in total. The molecule has 0 spiro atoms. The Hall–Kier alpha value is 1.92. The zero-order valence-electron chi connectivity index (χ0n) is 6.36. The average molecular weight is 290 g/mol. The molecule has 0 aromatic rings. The van der Waals surface area contributed by atoms with Crippen molar-refractivity contribution in [3.8, 4) is 0 Å². The summed E-state index contributed by atoms with van der Waals surface area (Å²) in [5.74, 6) is 0. The molecule has 0 aliphatic heterocycles. The van der Waals surface area contributed by atoms with Gasteiger partial charge in [-0.15, -0.1) is 0 Å². The first kappa shape index (κ1) is 21.2. The summed E-state index contributed by atoms with van der Waals surface area (Å²) < 4.78 is 15.7. The van der Waals surface area contributed by atoms with Crippen molar-refractivity contribution in [1.29, 1.82) is 0 Å². The maximum atomic E-state index is 10.4. The van der Waals surface area contributed by atoms with Crippen LogP contribution in [0.4, 0.5) is 14.4 Å². The van der Waals surface area contributed by atoms with Crippen molar-refractivity contribution in [2.45, 2.75) is 0 Å². The van der Waals surface area contributed by atoms with Crippen LogP contribution < -0.4 is 0 Å². The second-order valence-corrected chi connectivity index (χ2v) is 2.18. The van der Waals surface area contributed by atoms with Gasteiger partial charge >= 0.3 is 121 Å². The first-order chi connectivity index (χ1) is 5.60. The van der Waals surface area contributed by atoms with Gasteiger partial charge in [0.2, 0.25) is 21.0 Å². The summed E-state index contributed by atoms with van der Waals surface area (Å²) in [7, 11) is 0.173. The van der Waals surface area contributed by atoms with E-state index in [2.05, 4.69) is 18.3 Å². The van der Waals surface area contributed by atoms with E-state index in [1.165, 1.54) is 0 Å². The normalized spacial score (nSPS) is 7.43. The molecule has 11 heteroatoms. The second-order valence-electron chi connectivity index (χ2n) is 1.36. The molecule has 0 rings (SSSR count). The Morgan fingerprint density at radius 3 is 1.21 bits per heavy atom. The Labute approximate surface area is 171 Å². The van der Waals surface area contributed by atoms with E-state index in [4.69, 9.17) is 0 Å². The van der Waals surface area contributed by atoms with E-state index in [1.54, 1.807) is 0 Å².